The molecule has 0 saturated carbocycles. The number of halogens is 1. The number of pyridine rings is 1. The molecule has 2 aromatic rings. The predicted molar refractivity (Wildman–Crippen MR) is 75.4 cm³/mol. The van der Waals surface area contributed by atoms with E-state index in [2.05, 4.69) is 21.5 Å². The fourth-order valence-electron chi connectivity index (χ4n) is 2.64. The van der Waals surface area contributed by atoms with Gasteiger partial charge in [-0.3, -0.25) is 0 Å². The molecule has 5 heteroatoms. The Morgan fingerprint density at radius 2 is 2.42 bits per heavy atom. The minimum absolute atomic E-state index is 0.428. The van der Waals surface area contributed by atoms with Gasteiger partial charge in [0.1, 0.15) is 11.3 Å². The first-order valence-corrected chi connectivity index (χ1v) is 7.27. The molecular formula is C14H18ClN3O. The van der Waals surface area contributed by atoms with Gasteiger partial charge in [0.25, 0.3) is 0 Å². The highest BCUT2D eigenvalue weighted by atomic mass is 35.5. The van der Waals surface area contributed by atoms with E-state index in [1.165, 1.54) is 0 Å². The van der Waals surface area contributed by atoms with Gasteiger partial charge in [0.05, 0.1) is 5.88 Å². The third-order valence-corrected chi connectivity index (χ3v) is 4.06. The van der Waals surface area contributed by atoms with Crippen molar-refractivity contribution >= 4 is 22.8 Å². The first-order chi connectivity index (χ1) is 9.29. The summed E-state index contributed by atoms with van der Waals surface area (Å²) in [5.74, 6) is 2.00. The monoisotopic (exact) mass is 279 g/mol. The average Bonchev–Trinajstić information content (AvgIpc) is 3.03. The molecule has 19 heavy (non-hydrogen) atoms. The van der Waals surface area contributed by atoms with Crippen molar-refractivity contribution in [3.8, 4) is 0 Å². The number of aromatic nitrogens is 3. The second kappa shape index (κ2) is 5.47. The van der Waals surface area contributed by atoms with Crippen molar-refractivity contribution in [2.75, 3.05) is 13.2 Å². The van der Waals surface area contributed by atoms with Crippen molar-refractivity contribution in [3.05, 3.63) is 23.7 Å². The fourth-order valence-corrected chi connectivity index (χ4v) is 2.85. The smallest absolute Gasteiger partial charge is 0.160 e. The standard InChI is InChI=1S/C14H18ClN3O/c1-10-2-5-16-14-13(10)17-12(8-15)18(14)6-3-11-4-7-19-9-11/h2,5,11H,3-4,6-9H2,1H3. The number of aryl methyl sites for hydroxylation is 2. The summed E-state index contributed by atoms with van der Waals surface area (Å²) in [7, 11) is 0. The molecular weight excluding hydrogens is 262 g/mol. The molecule has 1 aliphatic rings. The maximum absolute atomic E-state index is 6.02. The molecule has 0 bridgehead atoms. The summed E-state index contributed by atoms with van der Waals surface area (Å²) < 4.78 is 7.58. The van der Waals surface area contributed by atoms with E-state index >= 15 is 0 Å². The second-order valence-electron chi connectivity index (χ2n) is 5.13. The highest BCUT2D eigenvalue weighted by Crippen LogP contribution is 2.22. The lowest BCUT2D eigenvalue weighted by atomic mass is 10.1. The number of hydrogen-bond acceptors (Lipinski definition) is 3. The van der Waals surface area contributed by atoms with Crippen LogP contribution in [-0.2, 0) is 17.2 Å². The first kappa shape index (κ1) is 12.9. The van der Waals surface area contributed by atoms with Crippen LogP contribution >= 0.6 is 11.6 Å². The van der Waals surface area contributed by atoms with Crippen molar-refractivity contribution in [2.24, 2.45) is 5.92 Å². The fraction of sp³-hybridized carbons (Fsp3) is 0.571. The summed E-state index contributed by atoms with van der Waals surface area (Å²) in [5.41, 5.74) is 3.08. The van der Waals surface area contributed by atoms with Crippen molar-refractivity contribution < 1.29 is 4.74 Å². The topological polar surface area (TPSA) is 39.9 Å². The number of alkyl halides is 1. The Labute approximate surface area is 117 Å². The lowest BCUT2D eigenvalue weighted by Gasteiger charge is -2.10. The molecule has 3 heterocycles. The molecule has 1 atom stereocenters. The molecule has 1 saturated heterocycles. The lowest BCUT2D eigenvalue weighted by Crippen LogP contribution is -2.09. The largest absolute Gasteiger partial charge is 0.381 e. The van der Waals surface area contributed by atoms with Crippen LogP contribution in [0.1, 0.15) is 24.2 Å². The van der Waals surface area contributed by atoms with Crippen LogP contribution in [0.15, 0.2) is 12.3 Å². The summed E-state index contributed by atoms with van der Waals surface area (Å²) in [6, 6.07) is 1.99. The maximum Gasteiger partial charge on any atom is 0.160 e. The van der Waals surface area contributed by atoms with E-state index in [9.17, 15) is 0 Å². The summed E-state index contributed by atoms with van der Waals surface area (Å²) in [5, 5.41) is 0. The van der Waals surface area contributed by atoms with Crippen LogP contribution in [-0.4, -0.2) is 27.7 Å². The zero-order valence-corrected chi connectivity index (χ0v) is 11.9. The molecule has 2 aromatic heterocycles. The van der Waals surface area contributed by atoms with Gasteiger partial charge < -0.3 is 9.30 Å². The van der Waals surface area contributed by atoms with E-state index in [0.29, 0.717) is 11.8 Å². The summed E-state index contributed by atoms with van der Waals surface area (Å²) in [4.78, 5) is 9.08. The number of ether oxygens (including phenoxy) is 1. The Hall–Kier alpha value is -1.13. The SMILES string of the molecule is Cc1ccnc2c1nc(CCl)n2CCC1CCOC1. The Bertz CT molecular complexity index is 575. The van der Waals surface area contributed by atoms with Gasteiger partial charge in [0, 0.05) is 26.0 Å². The molecule has 0 aliphatic carbocycles. The number of rotatable bonds is 4. The first-order valence-electron chi connectivity index (χ1n) is 6.74. The normalized spacial score (nSPS) is 19.4. The number of imidazole rings is 1. The summed E-state index contributed by atoms with van der Waals surface area (Å²) in [6.45, 7) is 4.76. The molecule has 0 aromatic carbocycles. The third kappa shape index (κ3) is 2.47. The van der Waals surface area contributed by atoms with Crippen LogP contribution in [0.5, 0.6) is 0 Å². The van der Waals surface area contributed by atoms with Gasteiger partial charge in [0.15, 0.2) is 5.65 Å². The van der Waals surface area contributed by atoms with E-state index in [1.54, 1.807) is 0 Å². The second-order valence-corrected chi connectivity index (χ2v) is 5.40. The van der Waals surface area contributed by atoms with Gasteiger partial charge in [-0.25, -0.2) is 9.97 Å². The number of hydrogen-bond donors (Lipinski definition) is 0. The van der Waals surface area contributed by atoms with Crippen LogP contribution in [0.25, 0.3) is 11.2 Å². The molecule has 0 amide bonds. The number of fused-ring (bicyclic) bond motifs is 1. The van der Waals surface area contributed by atoms with Gasteiger partial charge in [-0.1, -0.05) is 0 Å². The van der Waals surface area contributed by atoms with Crippen molar-refractivity contribution in [3.63, 3.8) is 0 Å². The van der Waals surface area contributed by atoms with Gasteiger partial charge in [0.2, 0.25) is 0 Å². The molecule has 1 unspecified atom stereocenters. The molecule has 4 nitrogen and oxygen atoms in total. The zero-order chi connectivity index (χ0) is 13.2. The molecule has 3 rings (SSSR count). The minimum atomic E-state index is 0.428. The highest BCUT2D eigenvalue weighted by Gasteiger charge is 2.18. The Balaban J connectivity index is 1.89. The van der Waals surface area contributed by atoms with Crippen molar-refractivity contribution in [1.29, 1.82) is 0 Å². The third-order valence-electron chi connectivity index (χ3n) is 3.82. The predicted octanol–water partition coefficient (Wildman–Crippen LogP) is 2.91. The average molecular weight is 280 g/mol. The molecule has 1 aliphatic heterocycles. The van der Waals surface area contributed by atoms with E-state index in [1.807, 2.05) is 12.3 Å². The molecule has 0 radical (unpaired) electrons. The number of nitrogens with zero attached hydrogens (tertiary/aromatic N) is 3. The van der Waals surface area contributed by atoms with Gasteiger partial charge >= 0.3 is 0 Å². The van der Waals surface area contributed by atoms with E-state index in [0.717, 1.165) is 55.2 Å². The summed E-state index contributed by atoms with van der Waals surface area (Å²) in [6.07, 6.45) is 4.10. The van der Waals surface area contributed by atoms with E-state index in [-0.39, 0.29) is 0 Å². The van der Waals surface area contributed by atoms with Crippen molar-refractivity contribution in [2.45, 2.75) is 32.2 Å². The minimum Gasteiger partial charge on any atom is -0.381 e. The van der Waals surface area contributed by atoms with Crippen LogP contribution < -0.4 is 0 Å². The zero-order valence-electron chi connectivity index (χ0n) is 11.1. The lowest BCUT2D eigenvalue weighted by molar-refractivity contribution is 0.183. The quantitative estimate of drug-likeness (QED) is 0.808. The molecule has 0 spiro atoms. The summed E-state index contributed by atoms with van der Waals surface area (Å²) >= 11 is 6.02. The molecule has 0 N–H and O–H groups in total. The molecule has 102 valence electrons. The van der Waals surface area contributed by atoms with Crippen LogP contribution in [0.4, 0.5) is 0 Å². The van der Waals surface area contributed by atoms with Crippen LogP contribution in [0.2, 0.25) is 0 Å². The van der Waals surface area contributed by atoms with Crippen molar-refractivity contribution in [1.82, 2.24) is 14.5 Å². The van der Waals surface area contributed by atoms with E-state index < -0.39 is 0 Å². The Kier molecular flexibility index (Phi) is 3.71. The molecule has 1 fully saturated rings. The maximum atomic E-state index is 6.02. The Morgan fingerprint density at radius 1 is 1.53 bits per heavy atom. The van der Waals surface area contributed by atoms with Gasteiger partial charge in [-0.2, -0.15) is 0 Å². The van der Waals surface area contributed by atoms with Gasteiger partial charge in [-0.05, 0) is 37.3 Å². The van der Waals surface area contributed by atoms with E-state index in [4.69, 9.17) is 16.3 Å². The van der Waals surface area contributed by atoms with Crippen LogP contribution in [0, 0.1) is 12.8 Å². The van der Waals surface area contributed by atoms with Gasteiger partial charge in [-0.15, -0.1) is 11.6 Å². The Morgan fingerprint density at radius 3 is 3.16 bits per heavy atom. The highest BCUT2D eigenvalue weighted by molar-refractivity contribution is 6.16. The van der Waals surface area contributed by atoms with Crippen LogP contribution in [0.3, 0.4) is 0 Å².